The van der Waals surface area contributed by atoms with Gasteiger partial charge in [-0.3, -0.25) is 4.90 Å². The molecule has 5 nitrogen and oxygen atoms in total. The first kappa shape index (κ1) is 14.7. The van der Waals surface area contributed by atoms with E-state index >= 15 is 0 Å². The van der Waals surface area contributed by atoms with Gasteiger partial charge in [-0.25, -0.2) is 9.97 Å². The summed E-state index contributed by atoms with van der Waals surface area (Å²) >= 11 is 1.74. The number of oxazole rings is 1. The third-order valence-electron chi connectivity index (χ3n) is 4.36. The number of likely N-dealkylation sites (tertiary alicyclic amines) is 1. The Morgan fingerprint density at radius 1 is 1.39 bits per heavy atom. The van der Waals surface area contributed by atoms with Crippen LogP contribution in [0.3, 0.4) is 0 Å². The zero-order valence-corrected chi connectivity index (χ0v) is 13.9. The molecule has 23 heavy (non-hydrogen) atoms. The number of hydrogen-bond donors (Lipinski definition) is 0. The molecular formula is C17H19N3O2S. The van der Waals surface area contributed by atoms with Crippen LogP contribution in [-0.4, -0.2) is 21.4 Å². The summed E-state index contributed by atoms with van der Waals surface area (Å²) in [4.78, 5) is 11.7. The van der Waals surface area contributed by atoms with Crippen molar-refractivity contribution >= 4 is 11.3 Å². The summed E-state index contributed by atoms with van der Waals surface area (Å²) in [7, 11) is 0. The summed E-state index contributed by atoms with van der Waals surface area (Å²) in [6, 6.07) is 2.27. The van der Waals surface area contributed by atoms with Gasteiger partial charge in [0.15, 0.2) is 0 Å². The smallest absolute Gasteiger partial charge is 0.229 e. The third-order valence-corrected chi connectivity index (χ3v) is 5.24. The molecule has 1 saturated heterocycles. The standard InChI is InChI=1S/C17H19N3O2S/c1-12-14(19-16(22-12)13-5-8-21-11-13)10-20-7-3-2-4-15(20)17-18-6-9-23-17/h5-6,8-9,11,15H,2-4,7,10H2,1H3. The van der Waals surface area contributed by atoms with Crippen molar-refractivity contribution in [2.75, 3.05) is 6.54 Å². The molecule has 1 aliphatic rings. The van der Waals surface area contributed by atoms with Crippen LogP contribution in [-0.2, 0) is 6.54 Å². The summed E-state index contributed by atoms with van der Waals surface area (Å²) in [6.45, 7) is 3.86. The fraction of sp³-hybridized carbons (Fsp3) is 0.412. The largest absolute Gasteiger partial charge is 0.472 e. The SMILES string of the molecule is Cc1oc(-c2ccoc2)nc1CN1CCCCC1c1nccs1. The molecular weight excluding hydrogens is 310 g/mol. The monoisotopic (exact) mass is 329 g/mol. The minimum Gasteiger partial charge on any atom is -0.472 e. The summed E-state index contributed by atoms with van der Waals surface area (Å²) in [5.74, 6) is 1.51. The molecule has 0 aromatic carbocycles. The van der Waals surface area contributed by atoms with E-state index in [0.717, 1.165) is 30.1 Å². The molecule has 4 rings (SSSR count). The first-order chi connectivity index (χ1) is 11.3. The fourth-order valence-electron chi connectivity index (χ4n) is 3.14. The maximum Gasteiger partial charge on any atom is 0.229 e. The van der Waals surface area contributed by atoms with E-state index in [2.05, 4.69) is 20.2 Å². The van der Waals surface area contributed by atoms with Crippen LogP contribution in [0.4, 0.5) is 0 Å². The van der Waals surface area contributed by atoms with Gasteiger partial charge in [0.2, 0.25) is 5.89 Å². The number of piperidine rings is 1. The molecule has 0 spiro atoms. The van der Waals surface area contributed by atoms with Gasteiger partial charge in [0, 0.05) is 18.1 Å². The second-order valence-electron chi connectivity index (χ2n) is 5.89. The molecule has 0 bridgehead atoms. The highest BCUT2D eigenvalue weighted by Crippen LogP contribution is 2.34. The Hall–Kier alpha value is -1.92. The molecule has 0 radical (unpaired) electrons. The molecule has 120 valence electrons. The van der Waals surface area contributed by atoms with E-state index in [0.29, 0.717) is 11.9 Å². The molecule has 0 N–H and O–H groups in total. The summed E-state index contributed by atoms with van der Waals surface area (Å²) in [6.07, 6.45) is 8.85. The van der Waals surface area contributed by atoms with E-state index in [9.17, 15) is 0 Å². The number of aryl methyl sites for hydroxylation is 1. The van der Waals surface area contributed by atoms with Gasteiger partial charge in [0.25, 0.3) is 0 Å². The van der Waals surface area contributed by atoms with Crippen LogP contribution >= 0.6 is 11.3 Å². The molecule has 6 heteroatoms. The van der Waals surface area contributed by atoms with Gasteiger partial charge in [-0.1, -0.05) is 6.42 Å². The molecule has 0 aliphatic carbocycles. The molecule has 1 atom stereocenters. The number of hydrogen-bond acceptors (Lipinski definition) is 6. The summed E-state index contributed by atoms with van der Waals surface area (Å²) in [5.41, 5.74) is 1.89. The number of aromatic nitrogens is 2. The maximum atomic E-state index is 5.82. The number of rotatable bonds is 4. The average Bonchev–Trinajstić information content (AvgIpc) is 3.30. The molecule has 1 fully saturated rings. The van der Waals surface area contributed by atoms with Crippen LogP contribution < -0.4 is 0 Å². The summed E-state index contributed by atoms with van der Waals surface area (Å²) in [5, 5.41) is 3.27. The van der Waals surface area contributed by atoms with Crippen LogP contribution in [0.2, 0.25) is 0 Å². The van der Waals surface area contributed by atoms with Gasteiger partial charge in [-0.15, -0.1) is 11.3 Å². The van der Waals surface area contributed by atoms with Crippen molar-refractivity contribution in [1.29, 1.82) is 0 Å². The predicted molar refractivity (Wildman–Crippen MR) is 88.1 cm³/mol. The van der Waals surface area contributed by atoms with Crippen LogP contribution in [0.25, 0.3) is 11.5 Å². The van der Waals surface area contributed by atoms with Crippen molar-refractivity contribution in [3.63, 3.8) is 0 Å². The molecule has 0 amide bonds. The number of furan rings is 1. The Kier molecular flexibility index (Phi) is 4.01. The highest BCUT2D eigenvalue weighted by Gasteiger charge is 2.27. The highest BCUT2D eigenvalue weighted by atomic mass is 32.1. The van der Waals surface area contributed by atoms with Crippen molar-refractivity contribution in [3.05, 3.63) is 46.6 Å². The zero-order valence-electron chi connectivity index (χ0n) is 13.1. The Morgan fingerprint density at radius 2 is 2.35 bits per heavy atom. The molecule has 3 aromatic rings. The lowest BCUT2D eigenvalue weighted by atomic mass is 10.0. The first-order valence-electron chi connectivity index (χ1n) is 7.93. The third kappa shape index (κ3) is 2.96. The Labute approximate surface area is 139 Å². The lowest BCUT2D eigenvalue weighted by molar-refractivity contribution is 0.138. The lowest BCUT2D eigenvalue weighted by Crippen LogP contribution is -2.33. The van der Waals surface area contributed by atoms with Crippen LogP contribution in [0.15, 0.2) is 39.0 Å². The maximum absolute atomic E-state index is 5.82. The van der Waals surface area contributed by atoms with Gasteiger partial charge in [-0.2, -0.15) is 0 Å². The first-order valence-corrected chi connectivity index (χ1v) is 8.81. The predicted octanol–water partition coefficient (Wildman–Crippen LogP) is 4.43. The minimum atomic E-state index is 0.400. The van der Waals surface area contributed by atoms with Gasteiger partial charge in [0.05, 0.1) is 23.6 Å². The number of nitrogens with zero attached hydrogens (tertiary/aromatic N) is 3. The van der Waals surface area contributed by atoms with Crippen molar-refractivity contribution in [2.24, 2.45) is 0 Å². The lowest BCUT2D eigenvalue weighted by Gasteiger charge is -2.33. The van der Waals surface area contributed by atoms with Crippen molar-refractivity contribution in [2.45, 2.75) is 38.8 Å². The molecule has 1 aliphatic heterocycles. The van der Waals surface area contributed by atoms with Crippen LogP contribution in [0.5, 0.6) is 0 Å². The van der Waals surface area contributed by atoms with Crippen molar-refractivity contribution < 1.29 is 8.83 Å². The van der Waals surface area contributed by atoms with Crippen molar-refractivity contribution in [1.82, 2.24) is 14.9 Å². The number of thiazole rings is 1. The Bertz CT molecular complexity index is 749. The Morgan fingerprint density at radius 3 is 3.13 bits per heavy atom. The zero-order chi connectivity index (χ0) is 15.6. The second kappa shape index (κ2) is 6.29. The van der Waals surface area contributed by atoms with Gasteiger partial charge < -0.3 is 8.83 Å². The van der Waals surface area contributed by atoms with E-state index in [1.54, 1.807) is 23.9 Å². The van der Waals surface area contributed by atoms with Crippen molar-refractivity contribution in [3.8, 4) is 11.5 Å². The van der Waals surface area contributed by atoms with E-state index in [-0.39, 0.29) is 0 Å². The van der Waals surface area contributed by atoms with E-state index in [1.165, 1.54) is 24.3 Å². The second-order valence-corrected chi connectivity index (χ2v) is 6.81. The van der Waals surface area contributed by atoms with Gasteiger partial charge in [-0.05, 0) is 32.4 Å². The van der Waals surface area contributed by atoms with E-state index in [4.69, 9.17) is 8.83 Å². The summed E-state index contributed by atoms with van der Waals surface area (Å²) < 4.78 is 10.9. The Balaban J connectivity index is 1.57. The highest BCUT2D eigenvalue weighted by molar-refractivity contribution is 7.09. The van der Waals surface area contributed by atoms with E-state index < -0.39 is 0 Å². The van der Waals surface area contributed by atoms with Gasteiger partial charge >= 0.3 is 0 Å². The molecule has 3 aromatic heterocycles. The van der Waals surface area contributed by atoms with Crippen LogP contribution in [0.1, 0.15) is 41.8 Å². The molecule has 0 saturated carbocycles. The minimum absolute atomic E-state index is 0.400. The normalized spacial score (nSPS) is 19.3. The molecule has 4 heterocycles. The van der Waals surface area contributed by atoms with E-state index in [1.807, 2.05) is 19.2 Å². The fourth-order valence-corrected chi connectivity index (χ4v) is 3.94. The molecule has 1 unspecified atom stereocenters. The quantitative estimate of drug-likeness (QED) is 0.709. The average molecular weight is 329 g/mol. The van der Waals surface area contributed by atoms with Crippen LogP contribution in [0, 0.1) is 6.92 Å². The van der Waals surface area contributed by atoms with Gasteiger partial charge in [0.1, 0.15) is 17.0 Å². The topological polar surface area (TPSA) is 55.3 Å².